The zero-order chi connectivity index (χ0) is 21.8. The lowest BCUT2D eigenvalue weighted by molar-refractivity contribution is -0.115. The summed E-state index contributed by atoms with van der Waals surface area (Å²) in [6, 6.07) is 14.7. The number of benzene rings is 2. The molecule has 2 atom stereocenters. The van der Waals surface area contributed by atoms with Gasteiger partial charge >= 0.3 is 0 Å². The van der Waals surface area contributed by atoms with Gasteiger partial charge in [-0.15, -0.1) is 10.2 Å². The molecule has 0 unspecified atom stereocenters. The molecule has 1 fully saturated rings. The highest BCUT2D eigenvalue weighted by atomic mass is 32.2. The Hall–Kier alpha value is -2.72. The summed E-state index contributed by atoms with van der Waals surface area (Å²) in [6.45, 7) is 0. The van der Waals surface area contributed by atoms with Crippen molar-refractivity contribution in [2.45, 2.75) is 23.3 Å². The second kappa shape index (κ2) is 9.19. The molecule has 2 heterocycles. The highest BCUT2D eigenvalue weighted by Crippen LogP contribution is 2.36. The molecule has 7 nitrogen and oxygen atoms in total. The zero-order valence-corrected chi connectivity index (χ0v) is 18.0. The van der Waals surface area contributed by atoms with Crippen LogP contribution in [0.25, 0.3) is 0 Å². The third-order valence-electron chi connectivity index (χ3n) is 4.91. The molecule has 1 aliphatic rings. The minimum absolute atomic E-state index is 0.0324. The topological polar surface area (TPSA) is 102 Å². The van der Waals surface area contributed by atoms with E-state index in [2.05, 4.69) is 15.5 Å². The van der Waals surface area contributed by atoms with Gasteiger partial charge < -0.3 is 9.73 Å². The summed E-state index contributed by atoms with van der Waals surface area (Å²) in [6.07, 6.45) is 0.977. The molecular weight excluding hydrogens is 441 g/mol. The summed E-state index contributed by atoms with van der Waals surface area (Å²) < 4.78 is 42.1. The number of rotatable bonds is 7. The fourth-order valence-corrected chi connectivity index (χ4v) is 6.15. The number of anilines is 1. The standard InChI is InChI=1S/C21H20FN3O4S2/c22-16-6-8-17(9-7-16)23-20(26)19(15-4-2-1-3-5-15)30-21-25-24-18(29-21)12-14-10-11-31(27,28)13-14/h1-9,14,19H,10-13H2,(H,23,26)/t14-,19+/m1/s1. The molecule has 2 aromatic carbocycles. The smallest absolute Gasteiger partial charge is 0.277 e. The predicted octanol–water partition coefficient (Wildman–Crippen LogP) is 3.66. The maximum absolute atomic E-state index is 13.1. The first-order valence-electron chi connectivity index (χ1n) is 9.69. The number of hydrogen-bond donors (Lipinski definition) is 1. The molecule has 4 rings (SSSR count). The van der Waals surface area contributed by atoms with E-state index in [9.17, 15) is 17.6 Å². The van der Waals surface area contributed by atoms with Crippen LogP contribution >= 0.6 is 11.8 Å². The molecule has 31 heavy (non-hydrogen) atoms. The number of amides is 1. The van der Waals surface area contributed by atoms with Crippen LogP contribution in [0.4, 0.5) is 10.1 Å². The Morgan fingerprint density at radius 2 is 1.90 bits per heavy atom. The number of sulfone groups is 1. The van der Waals surface area contributed by atoms with Crippen molar-refractivity contribution >= 4 is 33.2 Å². The van der Waals surface area contributed by atoms with Crippen molar-refractivity contribution in [3.8, 4) is 0 Å². The number of nitrogens with one attached hydrogen (secondary N) is 1. The van der Waals surface area contributed by atoms with E-state index in [1.807, 2.05) is 30.3 Å². The Morgan fingerprint density at radius 1 is 1.16 bits per heavy atom. The second-order valence-corrected chi connectivity index (χ2v) is 10.6. The minimum Gasteiger partial charge on any atom is -0.416 e. The average molecular weight is 462 g/mol. The second-order valence-electron chi connectivity index (χ2n) is 7.34. The first-order chi connectivity index (χ1) is 14.9. The van der Waals surface area contributed by atoms with Crippen LogP contribution in [-0.2, 0) is 21.1 Å². The van der Waals surface area contributed by atoms with Gasteiger partial charge in [0, 0.05) is 12.1 Å². The molecule has 0 saturated carbocycles. The van der Waals surface area contributed by atoms with E-state index in [-0.39, 0.29) is 34.4 Å². The van der Waals surface area contributed by atoms with E-state index in [4.69, 9.17) is 4.42 Å². The predicted molar refractivity (Wildman–Crippen MR) is 115 cm³/mol. The third-order valence-corrected chi connectivity index (χ3v) is 7.83. The number of thioether (sulfide) groups is 1. The Morgan fingerprint density at radius 3 is 2.58 bits per heavy atom. The molecule has 10 heteroatoms. The van der Waals surface area contributed by atoms with Gasteiger partial charge in [-0.05, 0) is 53.9 Å². The Balaban J connectivity index is 1.48. The van der Waals surface area contributed by atoms with Gasteiger partial charge in [-0.2, -0.15) is 0 Å². The first kappa shape index (κ1) is 21.5. The molecule has 3 aromatic rings. The van der Waals surface area contributed by atoms with Gasteiger partial charge in [-0.3, -0.25) is 4.79 Å². The Labute approximate surface area is 183 Å². The van der Waals surface area contributed by atoms with Crippen LogP contribution < -0.4 is 5.32 Å². The number of carbonyl (C=O) groups excluding carboxylic acids is 1. The van der Waals surface area contributed by atoms with Crippen molar-refractivity contribution in [1.29, 1.82) is 0 Å². The molecule has 0 spiro atoms. The van der Waals surface area contributed by atoms with Crippen LogP contribution in [0, 0.1) is 11.7 Å². The number of aromatic nitrogens is 2. The van der Waals surface area contributed by atoms with E-state index in [0.29, 0.717) is 24.4 Å². The van der Waals surface area contributed by atoms with Gasteiger partial charge in [0.1, 0.15) is 11.1 Å². The van der Waals surface area contributed by atoms with Crippen LogP contribution in [0.15, 0.2) is 64.2 Å². The van der Waals surface area contributed by atoms with Gasteiger partial charge in [-0.1, -0.05) is 30.3 Å². The third kappa shape index (κ3) is 5.71. The summed E-state index contributed by atoms with van der Waals surface area (Å²) in [5.74, 6) is -0.0623. The van der Waals surface area contributed by atoms with Gasteiger partial charge in [0.2, 0.25) is 11.8 Å². The van der Waals surface area contributed by atoms with E-state index in [1.54, 1.807) is 0 Å². The quantitative estimate of drug-likeness (QED) is 0.536. The summed E-state index contributed by atoms with van der Waals surface area (Å²) in [7, 11) is -2.98. The molecule has 1 N–H and O–H groups in total. The van der Waals surface area contributed by atoms with Crippen LogP contribution in [0.2, 0.25) is 0 Å². The summed E-state index contributed by atoms with van der Waals surface area (Å²) >= 11 is 1.11. The highest BCUT2D eigenvalue weighted by Gasteiger charge is 2.30. The molecule has 0 radical (unpaired) electrons. The largest absolute Gasteiger partial charge is 0.416 e. The molecule has 1 amide bonds. The van der Waals surface area contributed by atoms with Gasteiger partial charge in [0.25, 0.3) is 5.22 Å². The molecule has 0 aliphatic carbocycles. The summed E-state index contributed by atoms with van der Waals surface area (Å²) in [4.78, 5) is 13.0. The summed E-state index contributed by atoms with van der Waals surface area (Å²) in [5.41, 5.74) is 1.22. The van der Waals surface area contributed by atoms with Crippen LogP contribution in [0.1, 0.15) is 23.1 Å². The zero-order valence-electron chi connectivity index (χ0n) is 16.4. The number of hydrogen-bond acceptors (Lipinski definition) is 7. The SMILES string of the molecule is O=C(Nc1ccc(F)cc1)[C@@H](Sc1nnc(C[C@H]2CCS(=O)(=O)C2)o1)c1ccccc1. The fourth-order valence-electron chi connectivity index (χ4n) is 3.39. The van der Waals surface area contributed by atoms with Crippen LogP contribution in [0.3, 0.4) is 0 Å². The highest BCUT2D eigenvalue weighted by molar-refractivity contribution is 8.00. The van der Waals surface area contributed by atoms with Crippen molar-refractivity contribution in [3.63, 3.8) is 0 Å². The van der Waals surface area contributed by atoms with E-state index >= 15 is 0 Å². The van der Waals surface area contributed by atoms with E-state index in [1.165, 1.54) is 24.3 Å². The van der Waals surface area contributed by atoms with Gasteiger partial charge in [-0.25, -0.2) is 12.8 Å². The number of carbonyl (C=O) groups is 1. The summed E-state index contributed by atoms with van der Waals surface area (Å²) in [5, 5.41) is 10.4. The monoisotopic (exact) mass is 461 g/mol. The van der Waals surface area contributed by atoms with E-state index in [0.717, 1.165) is 17.3 Å². The Kier molecular flexibility index (Phi) is 6.38. The maximum atomic E-state index is 13.1. The Bertz CT molecular complexity index is 1150. The van der Waals surface area contributed by atoms with Crippen LogP contribution in [-0.4, -0.2) is 36.0 Å². The molecule has 1 aliphatic heterocycles. The lowest BCUT2D eigenvalue weighted by Gasteiger charge is -2.15. The minimum atomic E-state index is -2.98. The number of nitrogens with zero attached hydrogens (tertiary/aromatic N) is 2. The first-order valence-corrected chi connectivity index (χ1v) is 12.4. The lowest BCUT2D eigenvalue weighted by atomic mass is 10.1. The lowest BCUT2D eigenvalue weighted by Crippen LogP contribution is -2.19. The van der Waals surface area contributed by atoms with Gasteiger partial charge in [0.05, 0.1) is 11.5 Å². The molecule has 1 saturated heterocycles. The average Bonchev–Trinajstić information content (AvgIpc) is 3.34. The van der Waals surface area contributed by atoms with Crippen molar-refractivity contribution < 1.29 is 22.0 Å². The van der Waals surface area contributed by atoms with Crippen LogP contribution in [0.5, 0.6) is 0 Å². The molecule has 0 bridgehead atoms. The van der Waals surface area contributed by atoms with Crippen molar-refractivity contribution in [2.24, 2.45) is 5.92 Å². The normalized spacial score (nSPS) is 18.5. The number of halogens is 1. The molecule has 162 valence electrons. The van der Waals surface area contributed by atoms with Crippen molar-refractivity contribution in [3.05, 3.63) is 71.9 Å². The van der Waals surface area contributed by atoms with Crippen molar-refractivity contribution in [1.82, 2.24) is 10.2 Å². The fraction of sp³-hybridized carbons (Fsp3) is 0.286. The molecule has 1 aromatic heterocycles. The van der Waals surface area contributed by atoms with Gasteiger partial charge in [0.15, 0.2) is 9.84 Å². The maximum Gasteiger partial charge on any atom is 0.277 e. The molecular formula is C21H20FN3O4S2. The van der Waals surface area contributed by atoms with E-state index < -0.39 is 15.1 Å². The van der Waals surface area contributed by atoms with Crippen molar-refractivity contribution in [2.75, 3.05) is 16.8 Å².